The molecular weight excluding hydrogens is 572 g/mol. The second-order valence-corrected chi connectivity index (χ2v) is 11.0. The van der Waals surface area contributed by atoms with E-state index in [0.717, 1.165) is 31.0 Å². The largest absolute Gasteiger partial charge is 0.489 e. The highest BCUT2D eigenvalue weighted by Crippen LogP contribution is 2.47. The van der Waals surface area contributed by atoms with E-state index in [4.69, 9.17) is 15.2 Å². The number of aliphatic hydroxyl groups is 1. The molecule has 6 rings (SSSR count). The average molecular weight is 599 g/mol. The highest BCUT2D eigenvalue weighted by Gasteiger charge is 2.57. The van der Waals surface area contributed by atoms with Crippen molar-refractivity contribution in [2.24, 2.45) is 5.73 Å². The second-order valence-electron chi connectivity index (χ2n) is 11.0. The number of aromatic amines is 1. The van der Waals surface area contributed by atoms with Gasteiger partial charge < -0.3 is 30.6 Å². The molecule has 2 atom stereocenters. The third kappa shape index (κ3) is 4.92. The molecule has 0 radical (unpaired) electrons. The van der Waals surface area contributed by atoms with E-state index >= 15 is 0 Å². The van der Waals surface area contributed by atoms with Crippen LogP contribution in [-0.2, 0) is 15.8 Å². The lowest BCUT2D eigenvalue weighted by molar-refractivity contribution is -0.265. The van der Waals surface area contributed by atoms with Crippen molar-refractivity contribution in [3.8, 4) is 22.8 Å². The van der Waals surface area contributed by atoms with Crippen LogP contribution in [0.5, 0.6) is 11.5 Å². The quantitative estimate of drug-likeness (QED) is 0.224. The molecule has 0 spiro atoms. The molecule has 2 aliphatic rings. The monoisotopic (exact) mass is 598 g/mol. The number of amides is 2. The molecule has 9 nitrogen and oxygen atoms in total. The fourth-order valence-corrected chi connectivity index (χ4v) is 4.98. The Morgan fingerprint density at radius 2 is 1.91 bits per heavy atom. The Balaban J connectivity index is 1.40. The SMILES string of the molecule is C[C@]1(C(N)=O)COc2c1cc(C(O)(CNC(=O)c1cc(OC3CC3)c3[nH]ccc3c1)C(F)(F)F)nc2-c1ccc(F)cc1. The predicted molar refractivity (Wildman–Crippen MR) is 146 cm³/mol. The number of benzene rings is 2. The number of pyridine rings is 1. The maximum Gasteiger partial charge on any atom is 0.424 e. The zero-order valence-electron chi connectivity index (χ0n) is 22.7. The number of hydrogen-bond donors (Lipinski definition) is 4. The number of rotatable bonds is 8. The van der Waals surface area contributed by atoms with Crippen LogP contribution >= 0.6 is 0 Å². The van der Waals surface area contributed by atoms with E-state index < -0.39 is 47.1 Å². The van der Waals surface area contributed by atoms with Crippen molar-refractivity contribution >= 4 is 22.7 Å². The smallest absolute Gasteiger partial charge is 0.424 e. The Labute approximate surface area is 242 Å². The van der Waals surface area contributed by atoms with E-state index in [1.54, 1.807) is 12.3 Å². The number of nitrogens with zero attached hydrogens (tertiary/aromatic N) is 1. The summed E-state index contributed by atoms with van der Waals surface area (Å²) >= 11 is 0. The molecule has 2 aromatic carbocycles. The number of H-pyrrole nitrogens is 1. The maximum atomic E-state index is 14.7. The molecule has 2 aromatic heterocycles. The summed E-state index contributed by atoms with van der Waals surface area (Å²) in [7, 11) is 0. The van der Waals surface area contributed by atoms with Gasteiger partial charge in [0.05, 0.1) is 23.9 Å². The Kier molecular flexibility index (Phi) is 6.60. The molecule has 5 N–H and O–H groups in total. The summed E-state index contributed by atoms with van der Waals surface area (Å²) in [6.45, 7) is -0.209. The molecule has 4 aromatic rings. The van der Waals surface area contributed by atoms with Crippen LogP contribution in [0.2, 0.25) is 0 Å². The molecule has 1 aliphatic carbocycles. The standard InChI is InChI=1S/C30H26F4N4O5/c1-28(27(35)40)14-42-25-20(28)12-22(38-24(25)15-2-4-18(31)5-3-15)29(41,30(32,33)34)13-37-26(39)17-10-16-8-9-36-23(16)21(11-17)43-19-6-7-19/h2-5,8-12,19,36,41H,6-7,13-14H2,1H3,(H2,35,40)(H,37,39)/t28-,29?/m0/s1. The van der Waals surface area contributed by atoms with Crippen LogP contribution in [0.15, 0.2) is 54.7 Å². The molecule has 0 saturated heterocycles. The molecule has 1 saturated carbocycles. The Bertz CT molecular complexity index is 1750. The van der Waals surface area contributed by atoms with E-state index in [0.29, 0.717) is 16.7 Å². The van der Waals surface area contributed by atoms with Crippen LogP contribution in [0.1, 0.15) is 41.4 Å². The maximum absolute atomic E-state index is 14.7. The lowest BCUT2D eigenvalue weighted by Crippen LogP contribution is -2.51. The van der Waals surface area contributed by atoms with E-state index in [1.165, 1.54) is 31.2 Å². The van der Waals surface area contributed by atoms with Gasteiger partial charge in [-0.25, -0.2) is 9.37 Å². The van der Waals surface area contributed by atoms with Gasteiger partial charge in [0.1, 0.15) is 35.0 Å². The van der Waals surface area contributed by atoms with Crippen LogP contribution in [0.3, 0.4) is 0 Å². The number of halogens is 4. The van der Waals surface area contributed by atoms with Crippen LogP contribution in [-0.4, -0.2) is 52.3 Å². The first-order valence-corrected chi connectivity index (χ1v) is 13.4. The first-order valence-electron chi connectivity index (χ1n) is 13.4. The Morgan fingerprint density at radius 3 is 2.56 bits per heavy atom. The number of carbonyl (C=O) groups excluding carboxylic acids is 2. The van der Waals surface area contributed by atoms with E-state index in [1.807, 2.05) is 0 Å². The van der Waals surface area contributed by atoms with Crippen molar-refractivity contribution in [1.29, 1.82) is 0 Å². The molecule has 0 bridgehead atoms. The molecule has 1 aliphatic heterocycles. The van der Waals surface area contributed by atoms with Crippen molar-refractivity contribution < 1.29 is 41.7 Å². The minimum atomic E-state index is -5.34. The van der Waals surface area contributed by atoms with Gasteiger partial charge in [0, 0.05) is 28.3 Å². The van der Waals surface area contributed by atoms with Gasteiger partial charge in [0.2, 0.25) is 11.5 Å². The van der Waals surface area contributed by atoms with Gasteiger partial charge in [-0.1, -0.05) is 0 Å². The van der Waals surface area contributed by atoms with E-state index in [2.05, 4.69) is 15.3 Å². The van der Waals surface area contributed by atoms with Crippen molar-refractivity contribution in [1.82, 2.24) is 15.3 Å². The lowest BCUT2D eigenvalue weighted by atomic mass is 9.81. The Morgan fingerprint density at radius 1 is 1.19 bits per heavy atom. The molecule has 43 heavy (non-hydrogen) atoms. The first kappa shape index (κ1) is 28.5. The highest BCUT2D eigenvalue weighted by molar-refractivity contribution is 6.00. The zero-order chi connectivity index (χ0) is 30.7. The molecule has 2 amide bonds. The molecule has 1 fully saturated rings. The van der Waals surface area contributed by atoms with E-state index in [-0.39, 0.29) is 40.8 Å². The number of nitrogens with one attached hydrogen (secondary N) is 2. The summed E-state index contributed by atoms with van der Waals surface area (Å²) in [6.07, 6.45) is -1.99. The van der Waals surface area contributed by atoms with Crippen molar-refractivity contribution in [2.75, 3.05) is 13.2 Å². The third-order valence-corrected chi connectivity index (χ3v) is 7.84. The van der Waals surface area contributed by atoms with Gasteiger partial charge in [-0.3, -0.25) is 9.59 Å². The summed E-state index contributed by atoms with van der Waals surface area (Å²) in [5.41, 5.74) is 0.0761. The fraction of sp³-hybridized carbons (Fsp3) is 0.300. The van der Waals surface area contributed by atoms with Gasteiger partial charge >= 0.3 is 6.18 Å². The van der Waals surface area contributed by atoms with E-state index in [9.17, 15) is 32.3 Å². The van der Waals surface area contributed by atoms with Crippen molar-refractivity contribution in [3.63, 3.8) is 0 Å². The number of fused-ring (bicyclic) bond motifs is 2. The fourth-order valence-electron chi connectivity index (χ4n) is 4.98. The van der Waals surface area contributed by atoms with Crippen LogP contribution in [0, 0.1) is 5.82 Å². The van der Waals surface area contributed by atoms with Crippen molar-refractivity contribution in [3.05, 3.63) is 77.4 Å². The summed E-state index contributed by atoms with van der Waals surface area (Å²) in [5.74, 6) is -2.00. The van der Waals surface area contributed by atoms with Crippen LogP contribution < -0.4 is 20.5 Å². The number of ether oxygens (including phenoxy) is 2. The molecular formula is C30H26F4N4O5. The summed E-state index contributed by atoms with van der Waals surface area (Å²) < 4.78 is 69.2. The van der Waals surface area contributed by atoms with Crippen LogP contribution in [0.25, 0.3) is 22.2 Å². The molecule has 3 heterocycles. The van der Waals surface area contributed by atoms with Gasteiger partial charge in [0.25, 0.3) is 5.91 Å². The molecule has 224 valence electrons. The number of carbonyl (C=O) groups is 2. The molecule has 1 unspecified atom stereocenters. The number of alkyl halides is 3. The number of primary amides is 1. The lowest BCUT2D eigenvalue weighted by Gasteiger charge is -2.31. The van der Waals surface area contributed by atoms with Crippen LogP contribution in [0.4, 0.5) is 17.6 Å². The number of aromatic nitrogens is 2. The summed E-state index contributed by atoms with van der Waals surface area (Å²) in [6, 6.07) is 10.2. The average Bonchev–Trinajstić information content (AvgIpc) is 3.52. The van der Waals surface area contributed by atoms with Gasteiger partial charge in [-0.2, -0.15) is 13.2 Å². The first-order chi connectivity index (χ1) is 20.3. The molecule has 13 heteroatoms. The predicted octanol–water partition coefficient (Wildman–Crippen LogP) is 4.23. The van der Waals surface area contributed by atoms with Gasteiger partial charge in [0.15, 0.2) is 0 Å². The van der Waals surface area contributed by atoms with Gasteiger partial charge in [-0.05, 0) is 68.3 Å². The second kappa shape index (κ2) is 9.97. The minimum absolute atomic E-state index is 0.00335. The summed E-state index contributed by atoms with van der Waals surface area (Å²) in [5, 5.41) is 14.0. The topological polar surface area (TPSA) is 140 Å². The third-order valence-electron chi connectivity index (χ3n) is 7.84. The summed E-state index contributed by atoms with van der Waals surface area (Å²) in [4.78, 5) is 32.7. The number of hydrogen-bond acceptors (Lipinski definition) is 6. The Hall–Kier alpha value is -4.65. The highest BCUT2D eigenvalue weighted by atomic mass is 19.4. The minimum Gasteiger partial charge on any atom is -0.489 e. The zero-order valence-corrected chi connectivity index (χ0v) is 22.7. The normalized spacial score (nSPS) is 19.4. The van der Waals surface area contributed by atoms with Gasteiger partial charge in [-0.15, -0.1) is 0 Å². The number of nitrogens with two attached hydrogens (primary N) is 1. The van der Waals surface area contributed by atoms with Crippen molar-refractivity contribution in [2.45, 2.75) is 43.1 Å².